The van der Waals surface area contributed by atoms with Crippen molar-refractivity contribution in [2.45, 2.75) is 6.17 Å². The van der Waals surface area contributed by atoms with Crippen LogP contribution in [-0.2, 0) is 4.79 Å². The third-order valence-electron chi connectivity index (χ3n) is 4.83. The van der Waals surface area contributed by atoms with E-state index in [9.17, 15) is 18.4 Å². The number of nitrogens with zero attached hydrogens (tertiary/aromatic N) is 2. The molecule has 1 aliphatic heterocycles. The van der Waals surface area contributed by atoms with E-state index in [1.807, 2.05) is 42.5 Å². The molecule has 0 aliphatic carbocycles. The number of hydrogen-bond acceptors (Lipinski definition) is 3. The minimum atomic E-state index is -1.27. The van der Waals surface area contributed by atoms with E-state index in [1.54, 1.807) is 19.2 Å². The molecule has 0 saturated carbocycles. The Morgan fingerprint density at radius 3 is 2.48 bits per heavy atom. The molecular formula is C23H18F2N4O2. The van der Waals surface area contributed by atoms with Crippen molar-refractivity contribution >= 4 is 29.0 Å². The predicted molar refractivity (Wildman–Crippen MR) is 114 cm³/mol. The lowest BCUT2D eigenvalue weighted by molar-refractivity contribution is -0.119. The molecule has 0 fully saturated rings. The van der Waals surface area contributed by atoms with Crippen LogP contribution in [0.4, 0.5) is 25.0 Å². The molecule has 156 valence electrons. The molecule has 0 radical (unpaired) electrons. The Kier molecular flexibility index (Phi) is 5.44. The number of aliphatic imine (C=N–C) groups is 1. The van der Waals surface area contributed by atoms with Crippen LogP contribution in [0.1, 0.15) is 11.1 Å². The molecule has 3 aromatic carbocycles. The molecule has 0 spiro atoms. The zero-order valence-corrected chi connectivity index (χ0v) is 16.5. The molecule has 1 heterocycles. The number of benzene rings is 3. The summed E-state index contributed by atoms with van der Waals surface area (Å²) < 4.78 is 27.3. The lowest BCUT2D eigenvalue weighted by atomic mass is 10.0. The van der Waals surface area contributed by atoms with Crippen LogP contribution in [0.25, 0.3) is 0 Å². The number of benzodiazepines with no additional fused rings is 1. The summed E-state index contributed by atoms with van der Waals surface area (Å²) in [6.45, 7) is 0. The standard InChI is InChI=1S/C23H18F2N4O2/c1-29-19-10-6-5-9-16(19)20(14-7-3-2-4-8-14)27-21(22(29)30)28-23(31)26-18-13-15(24)11-12-17(18)25/h2-13,21H,1H3,(H2,26,28,31). The number of para-hydroxylation sites is 1. The fraction of sp³-hybridized carbons (Fsp3) is 0.0870. The van der Waals surface area contributed by atoms with Crippen LogP contribution in [0.2, 0.25) is 0 Å². The Bertz CT molecular complexity index is 1180. The van der Waals surface area contributed by atoms with Crippen molar-refractivity contribution in [1.29, 1.82) is 0 Å². The number of fused-ring (bicyclic) bond motifs is 1. The molecule has 0 saturated heterocycles. The van der Waals surface area contributed by atoms with Crippen molar-refractivity contribution in [1.82, 2.24) is 5.32 Å². The maximum Gasteiger partial charge on any atom is 0.321 e. The fourth-order valence-electron chi connectivity index (χ4n) is 3.32. The number of carbonyl (C=O) groups is 2. The Hall–Kier alpha value is -4.07. The third kappa shape index (κ3) is 4.13. The Morgan fingerprint density at radius 2 is 1.71 bits per heavy atom. The van der Waals surface area contributed by atoms with Crippen LogP contribution in [0.5, 0.6) is 0 Å². The van der Waals surface area contributed by atoms with Gasteiger partial charge in [-0.25, -0.2) is 18.6 Å². The number of rotatable bonds is 3. The van der Waals surface area contributed by atoms with E-state index in [0.717, 1.165) is 29.3 Å². The average Bonchev–Trinajstić information content (AvgIpc) is 2.88. The zero-order chi connectivity index (χ0) is 22.0. The average molecular weight is 420 g/mol. The smallest absolute Gasteiger partial charge is 0.311 e. The van der Waals surface area contributed by atoms with Crippen molar-refractivity contribution in [3.05, 3.63) is 95.6 Å². The summed E-state index contributed by atoms with van der Waals surface area (Å²) >= 11 is 0. The van der Waals surface area contributed by atoms with Gasteiger partial charge in [0.05, 0.1) is 17.1 Å². The Morgan fingerprint density at radius 1 is 1.00 bits per heavy atom. The molecule has 0 bridgehead atoms. The van der Waals surface area contributed by atoms with Gasteiger partial charge in [0.1, 0.15) is 11.6 Å². The maximum atomic E-state index is 13.9. The van der Waals surface area contributed by atoms with Gasteiger partial charge < -0.3 is 15.5 Å². The third-order valence-corrected chi connectivity index (χ3v) is 4.83. The quantitative estimate of drug-likeness (QED) is 0.674. The van der Waals surface area contributed by atoms with Crippen LogP contribution in [0.3, 0.4) is 0 Å². The molecule has 1 aliphatic rings. The highest BCUT2D eigenvalue weighted by Crippen LogP contribution is 2.27. The van der Waals surface area contributed by atoms with Crippen molar-refractivity contribution in [3.8, 4) is 0 Å². The summed E-state index contributed by atoms with van der Waals surface area (Å²) in [5, 5.41) is 4.68. The summed E-state index contributed by atoms with van der Waals surface area (Å²) in [7, 11) is 1.59. The monoisotopic (exact) mass is 420 g/mol. The minimum Gasteiger partial charge on any atom is -0.311 e. The van der Waals surface area contributed by atoms with Crippen LogP contribution in [-0.4, -0.2) is 30.9 Å². The highest BCUT2D eigenvalue weighted by Gasteiger charge is 2.31. The molecule has 0 aromatic heterocycles. The van der Waals surface area contributed by atoms with Gasteiger partial charge in [0.25, 0.3) is 5.91 Å². The van der Waals surface area contributed by atoms with Crippen LogP contribution in [0, 0.1) is 11.6 Å². The molecule has 1 atom stereocenters. The summed E-state index contributed by atoms with van der Waals surface area (Å²) in [5.74, 6) is -1.99. The number of amides is 3. The first kappa shape index (κ1) is 20.2. The van der Waals surface area contributed by atoms with E-state index in [0.29, 0.717) is 11.4 Å². The normalized spacial score (nSPS) is 15.6. The lowest BCUT2D eigenvalue weighted by Crippen LogP contribution is -2.47. The van der Waals surface area contributed by atoms with E-state index in [1.165, 1.54) is 4.90 Å². The largest absolute Gasteiger partial charge is 0.321 e. The molecule has 4 rings (SSSR count). The molecule has 8 heteroatoms. The summed E-state index contributed by atoms with van der Waals surface area (Å²) in [6.07, 6.45) is -1.27. The molecule has 3 aromatic rings. The van der Waals surface area contributed by atoms with E-state index in [4.69, 9.17) is 0 Å². The molecule has 1 unspecified atom stereocenters. The number of hydrogen-bond donors (Lipinski definition) is 2. The highest BCUT2D eigenvalue weighted by molar-refractivity contribution is 6.20. The highest BCUT2D eigenvalue weighted by atomic mass is 19.1. The van der Waals surface area contributed by atoms with E-state index < -0.39 is 29.7 Å². The van der Waals surface area contributed by atoms with Gasteiger partial charge in [-0.05, 0) is 18.2 Å². The maximum absolute atomic E-state index is 13.9. The first-order valence-electron chi connectivity index (χ1n) is 9.47. The molecular weight excluding hydrogens is 402 g/mol. The second kappa shape index (κ2) is 8.35. The van der Waals surface area contributed by atoms with Crippen LogP contribution < -0.4 is 15.5 Å². The number of urea groups is 1. The second-order valence-corrected chi connectivity index (χ2v) is 6.88. The number of anilines is 2. The van der Waals surface area contributed by atoms with E-state index in [-0.39, 0.29) is 5.69 Å². The number of carbonyl (C=O) groups excluding carboxylic acids is 2. The lowest BCUT2D eigenvalue weighted by Gasteiger charge is -2.21. The number of likely N-dealkylation sites (N-methyl/N-ethyl adjacent to an activating group) is 1. The molecule has 6 nitrogen and oxygen atoms in total. The van der Waals surface area contributed by atoms with E-state index in [2.05, 4.69) is 15.6 Å². The number of nitrogens with one attached hydrogen (secondary N) is 2. The topological polar surface area (TPSA) is 73.8 Å². The van der Waals surface area contributed by atoms with Gasteiger partial charge in [-0.3, -0.25) is 4.79 Å². The zero-order valence-electron chi connectivity index (χ0n) is 16.5. The van der Waals surface area contributed by atoms with Crippen molar-refractivity contribution in [2.24, 2.45) is 4.99 Å². The molecule has 3 amide bonds. The first-order chi connectivity index (χ1) is 14.9. The predicted octanol–water partition coefficient (Wildman–Crippen LogP) is 3.93. The van der Waals surface area contributed by atoms with Crippen LogP contribution >= 0.6 is 0 Å². The minimum absolute atomic E-state index is 0.345. The summed E-state index contributed by atoms with van der Waals surface area (Å²) in [6, 6.07) is 18.3. The fourth-order valence-corrected chi connectivity index (χ4v) is 3.32. The summed E-state index contributed by atoms with van der Waals surface area (Å²) in [5.41, 5.74) is 2.31. The SMILES string of the molecule is CN1C(=O)C(NC(=O)Nc2cc(F)ccc2F)N=C(c2ccccc2)c2ccccc21. The number of halogens is 2. The first-order valence-corrected chi connectivity index (χ1v) is 9.47. The van der Waals surface area contributed by atoms with Crippen molar-refractivity contribution in [2.75, 3.05) is 17.3 Å². The van der Waals surface area contributed by atoms with Gasteiger partial charge in [-0.1, -0.05) is 48.5 Å². The van der Waals surface area contributed by atoms with Gasteiger partial charge in [0.15, 0.2) is 0 Å². The molecule has 31 heavy (non-hydrogen) atoms. The van der Waals surface area contributed by atoms with Gasteiger partial charge in [-0.2, -0.15) is 0 Å². The van der Waals surface area contributed by atoms with Gasteiger partial charge >= 0.3 is 6.03 Å². The van der Waals surface area contributed by atoms with Gasteiger partial charge in [0.2, 0.25) is 6.17 Å². The van der Waals surface area contributed by atoms with E-state index >= 15 is 0 Å². The van der Waals surface area contributed by atoms with Crippen LogP contribution in [0.15, 0.2) is 77.8 Å². The van der Waals surface area contributed by atoms with Crippen molar-refractivity contribution in [3.63, 3.8) is 0 Å². The van der Waals surface area contributed by atoms with Gasteiger partial charge in [0, 0.05) is 24.2 Å². The Labute approximate surface area is 177 Å². The Balaban J connectivity index is 1.69. The summed E-state index contributed by atoms with van der Waals surface area (Å²) in [4.78, 5) is 31.4. The molecule has 2 N–H and O–H groups in total. The van der Waals surface area contributed by atoms with Crippen molar-refractivity contribution < 1.29 is 18.4 Å². The second-order valence-electron chi connectivity index (χ2n) is 6.88. The van der Waals surface area contributed by atoms with Gasteiger partial charge in [-0.15, -0.1) is 0 Å².